The molecule has 1 unspecified atom stereocenters. The summed E-state index contributed by atoms with van der Waals surface area (Å²) in [6.45, 7) is 5.54. The van der Waals surface area contributed by atoms with Gasteiger partial charge in [-0.25, -0.2) is 4.98 Å². The smallest absolute Gasteiger partial charge is 0.304 e. The van der Waals surface area contributed by atoms with Gasteiger partial charge in [-0.2, -0.15) is 5.26 Å². The van der Waals surface area contributed by atoms with Gasteiger partial charge in [0.15, 0.2) is 0 Å². The van der Waals surface area contributed by atoms with Gasteiger partial charge in [0.2, 0.25) is 0 Å². The zero-order valence-corrected chi connectivity index (χ0v) is 10.8. The first-order chi connectivity index (χ1) is 7.93. The summed E-state index contributed by atoms with van der Waals surface area (Å²) in [6.07, 6.45) is 0.0597. The van der Waals surface area contributed by atoms with E-state index >= 15 is 0 Å². The number of thioether (sulfide) groups is 1. The normalized spacial score (nSPS) is 11.9. The number of carboxylic acids is 1. The molecule has 1 atom stereocenters. The van der Waals surface area contributed by atoms with Gasteiger partial charge in [-0.15, -0.1) is 11.8 Å². The van der Waals surface area contributed by atoms with E-state index in [1.54, 1.807) is 0 Å². The molecule has 0 radical (unpaired) electrons. The van der Waals surface area contributed by atoms with Crippen molar-refractivity contribution < 1.29 is 9.90 Å². The first-order valence-corrected chi connectivity index (χ1v) is 6.08. The molecule has 0 aliphatic heterocycles. The van der Waals surface area contributed by atoms with Crippen LogP contribution in [0.25, 0.3) is 0 Å². The maximum atomic E-state index is 10.6. The number of aliphatic carboxylic acids is 1. The Morgan fingerprint density at radius 1 is 1.65 bits per heavy atom. The molecule has 0 aliphatic rings. The number of nitrogens with zero attached hydrogens (tertiary/aromatic N) is 2. The van der Waals surface area contributed by atoms with Crippen LogP contribution in [-0.2, 0) is 4.79 Å². The Morgan fingerprint density at radius 2 is 2.29 bits per heavy atom. The van der Waals surface area contributed by atoms with E-state index in [0.29, 0.717) is 10.6 Å². The van der Waals surface area contributed by atoms with Crippen LogP contribution in [0.2, 0.25) is 0 Å². The maximum absolute atomic E-state index is 10.6. The van der Waals surface area contributed by atoms with Crippen molar-refractivity contribution in [3.05, 3.63) is 22.9 Å². The van der Waals surface area contributed by atoms with Crippen molar-refractivity contribution in [3.63, 3.8) is 0 Å². The van der Waals surface area contributed by atoms with E-state index in [-0.39, 0.29) is 11.7 Å². The van der Waals surface area contributed by atoms with Crippen LogP contribution in [0.1, 0.15) is 30.2 Å². The van der Waals surface area contributed by atoms with E-state index in [4.69, 9.17) is 10.4 Å². The Kier molecular flexibility index (Phi) is 4.53. The highest BCUT2D eigenvalue weighted by molar-refractivity contribution is 7.99. The lowest BCUT2D eigenvalue weighted by Gasteiger charge is -2.11. The number of nitriles is 1. The number of pyridine rings is 1. The molecule has 0 spiro atoms. The number of aryl methyl sites for hydroxylation is 2. The highest BCUT2D eigenvalue weighted by atomic mass is 32.2. The van der Waals surface area contributed by atoms with Crippen molar-refractivity contribution in [1.29, 1.82) is 5.26 Å². The SMILES string of the molecule is Cc1cc(C)c(C#N)c(SC(C)CC(=O)O)n1. The zero-order chi connectivity index (χ0) is 13.0. The predicted octanol–water partition coefficient (Wildman–Crippen LogP) is 2.53. The van der Waals surface area contributed by atoms with Crippen LogP contribution in [-0.4, -0.2) is 21.3 Å². The lowest BCUT2D eigenvalue weighted by Crippen LogP contribution is -2.07. The van der Waals surface area contributed by atoms with Crippen LogP contribution in [0.15, 0.2) is 11.1 Å². The van der Waals surface area contributed by atoms with Crippen molar-refractivity contribution in [3.8, 4) is 6.07 Å². The van der Waals surface area contributed by atoms with Crippen LogP contribution < -0.4 is 0 Å². The van der Waals surface area contributed by atoms with Crippen LogP contribution in [0.4, 0.5) is 0 Å². The predicted molar refractivity (Wildman–Crippen MR) is 66.0 cm³/mol. The molecule has 0 bridgehead atoms. The van der Waals surface area contributed by atoms with Gasteiger partial charge in [0.25, 0.3) is 0 Å². The second-order valence-electron chi connectivity index (χ2n) is 3.90. The van der Waals surface area contributed by atoms with Crippen LogP contribution in [0, 0.1) is 25.2 Å². The lowest BCUT2D eigenvalue weighted by atomic mass is 10.1. The second kappa shape index (κ2) is 5.69. The Bertz CT molecular complexity index is 480. The molecule has 1 aromatic rings. The summed E-state index contributed by atoms with van der Waals surface area (Å²) in [7, 11) is 0. The molecular weight excluding hydrogens is 236 g/mol. The van der Waals surface area contributed by atoms with Gasteiger partial charge >= 0.3 is 5.97 Å². The second-order valence-corrected chi connectivity index (χ2v) is 5.33. The number of hydrogen-bond acceptors (Lipinski definition) is 4. The topological polar surface area (TPSA) is 74.0 Å². The van der Waals surface area contributed by atoms with Crippen molar-refractivity contribution in [2.24, 2.45) is 0 Å². The van der Waals surface area contributed by atoms with Crippen LogP contribution in [0.3, 0.4) is 0 Å². The van der Waals surface area contributed by atoms with Gasteiger partial charge < -0.3 is 5.11 Å². The largest absolute Gasteiger partial charge is 0.481 e. The molecule has 5 heteroatoms. The Morgan fingerprint density at radius 3 is 2.82 bits per heavy atom. The number of hydrogen-bond donors (Lipinski definition) is 1. The fraction of sp³-hybridized carbons (Fsp3) is 0.417. The Balaban J connectivity index is 2.98. The molecule has 4 nitrogen and oxygen atoms in total. The summed E-state index contributed by atoms with van der Waals surface area (Å²) < 4.78 is 0. The summed E-state index contributed by atoms with van der Waals surface area (Å²) in [5.74, 6) is -0.840. The maximum Gasteiger partial charge on any atom is 0.304 e. The Labute approximate surface area is 105 Å². The number of aromatic nitrogens is 1. The minimum Gasteiger partial charge on any atom is -0.481 e. The van der Waals surface area contributed by atoms with E-state index in [9.17, 15) is 4.79 Å². The molecule has 1 N–H and O–H groups in total. The minimum absolute atomic E-state index is 0.0597. The fourth-order valence-corrected chi connectivity index (χ4v) is 2.63. The van der Waals surface area contributed by atoms with E-state index in [0.717, 1.165) is 11.3 Å². The third-order valence-corrected chi connectivity index (χ3v) is 3.29. The molecule has 1 rings (SSSR count). The third kappa shape index (κ3) is 3.75. The molecule has 0 aliphatic carbocycles. The number of rotatable bonds is 4. The summed E-state index contributed by atoms with van der Waals surface area (Å²) in [6, 6.07) is 3.97. The lowest BCUT2D eigenvalue weighted by molar-refractivity contribution is -0.136. The standard InChI is InChI=1S/C12H14N2O2S/c1-7-4-8(2)14-12(10(7)6-13)17-9(3)5-11(15)16/h4,9H,5H2,1-3H3,(H,15,16). The molecule has 0 saturated heterocycles. The molecule has 0 amide bonds. The number of carbonyl (C=O) groups is 1. The molecule has 90 valence electrons. The minimum atomic E-state index is -0.840. The monoisotopic (exact) mass is 250 g/mol. The van der Waals surface area contributed by atoms with Crippen LogP contribution in [0.5, 0.6) is 0 Å². The molecule has 0 aromatic carbocycles. The van der Waals surface area contributed by atoms with Gasteiger partial charge in [-0.1, -0.05) is 6.92 Å². The van der Waals surface area contributed by atoms with Gasteiger partial charge in [-0.3, -0.25) is 4.79 Å². The quantitative estimate of drug-likeness (QED) is 0.831. The first kappa shape index (κ1) is 13.5. The van der Waals surface area contributed by atoms with Gasteiger partial charge in [-0.05, 0) is 25.5 Å². The molecule has 0 saturated carbocycles. The van der Waals surface area contributed by atoms with E-state index in [1.165, 1.54) is 11.8 Å². The molecule has 17 heavy (non-hydrogen) atoms. The van der Waals surface area contributed by atoms with Crippen molar-refractivity contribution in [2.45, 2.75) is 37.5 Å². The Hall–Kier alpha value is -1.54. The van der Waals surface area contributed by atoms with Crippen molar-refractivity contribution in [1.82, 2.24) is 4.98 Å². The van der Waals surface area contributed by atoms with Gasteiger partial charge in [0.05, 0.1) is 12.0 Å². The molecule has 1 heterocycles. The molecular formula is C12H14N2O2S. The van der Waals surface area contributed by atoms with Gasteiger partial charge in [0.1, 0.15) is 11.1 Å². The average Bonchev–Trinajstić information content (AvgIpc) is 2.15. The highest BCUT2D eigenvalue weighted by Gasteiger charge is 2.15. The summed E-state index contributed by atoms with van der Waals surface area (Å²) in [4.78, 5) is 14.9. The third-order valence-electron chi connectivity index (χ3n) is 2.20. The summed E-state index contributed by atoms with van der Waals surface area (Å²) >= 11 is 1.34. The van der Waals surface area contributed by atoms with Crippen molar-refractivity contribution >= 4 is 17.7 Å². The molecule has 1 aromatic heterocycles. The number of carboxylic acid groups (broad SMARTS) is 1. The van der Waals surface area contributed by atoms with Crippen LogP contribution >= 0.6 is 11.8 Å². The summed E-state index contributed by atoms with van der Waals surface area (Å²) in [5.41, 5.74) is 2.26. The molecule has 0 fully saturated rings. The average molecular weight is 250 g/mol. The van der Waals surface area contributed by atoms with E-state index in [2.05, 4.69) is 11.1 Å². The van der Waals surface area contributed by atoms with Crippen molar-refractivity contribution in [2.75, 3.05) is 0 Å². The van der Waals surface area contributed by atoms with E-state index in [1.807, 2.05) is 26.8 Å². The zero-order valence-electron chi connectivity index (χ0n) is 10.0. The fourth-order valence-electron chi connectivity index (χ4n) is 1.50. The van der Waals surface area contributed by atoms with E-state index < -0.39 is 5.97 Å². The van der Waals surface area contributed by atoms with Gasteiger partial charge in [0, 0.05) is 10.9 Å². The highest BCUT2D eigenvalue weighted by Crippen LogP contribution is 2.28. The first-order valence-electron chi connectivity index (χ1n) is 5.20. The summed E-state index contributed by atoms with van der Waals surface area (Å²) in [5, 5.41) is 18.3.